The summed E-state index contributed by atoms with van der Waals surface area (Å²) in [5.74, 6) is 0.0516. The zero-order valence-electron chi connectivity index (χ0n) is 17.4. The lowest BCUT2D eigenvalue weighted by atomic mass is 9.98. The van der Waals surface area contributed by atoms with Crippen LogP contribution in [0.15, 0.2) is 32.4 Å². The molecule has 3 rings (SSSR count). The summed E-state index contributed by atoms with van der Waals surface area (Å²) in [7, 11) is 0. The molecule has 1 amide bonds. The third-order valence-electron chi connectivity index (χ3n) is 5.41. The number of anilines is 2. The van der Waals surface area contributed by atoms with Crippen molar-refractivity contribution in [2.75, 3.05) is 17.2 Å². The number of hydrogen-bond acceptors (Lipinski definition) is 6. The fraction of sp³-hybridized carbons (Fsp3) is 0.571. The number of hydrogen-bond donors (Lipinski definition) is 2. The summed E-state index contributed by atoms with van der Waals surface area (Å²) in [6.45, 7) is 2.19. The fourth-order valence-corrected chi connectivity index (χ4v) is 3.73. The Hall–Kier alpha value is -2.81. The molecule has 2 heterocycles. The van der Waals surface area contributed by atoms with Crippen LogP contribution in [-0.4, -0.2) is 28.2 Å². The van der Waals surface area contributed by atoms with Gasteiger partial charge >= 0.3 is 5.69 Å². The molecule has 1 saturated carbocycles. The number of carbonyl (C=O) groups is 1. The molecule has 3 N–H and O–H groups in total. The van der Waals surface area contributed by atoms with Gasteiger partial charge in [0.1, 0.15) is 18.2 Å². The van der Waals surface area contributed by atoms with E-state index in [1.807, 2.05) is 6.92 Å². The predicted octanol–water partition coefficient (Wildman–Crippen LogP) is 2.39. The number of H-pyrrole nitrogens is 1. The average molecular weight is 418 g/mol. The average Bonchev–Trinajstić information content (AvgIpc) is 3.25. The summed E-state index contributed by atoms with van der Waals surface area (Å²) in [5.41, 5.74) is 4.86. The van der Waals surface area contributed by atoms with Gasteiger partial charge < -0.3 is 14.9 Å². The molecule has 0 bridgehead atoms. The molecule has 1 aliphatic carbocycles. The van der Waals surface area contributed by atoms with Gasteiger partial charge in [-0.25, -0.2) is 4.79 Å². The molecule has 1 fully saturated rings. The van der Waals surface area contributed by atoms with E-state index in [9.17, 15) is 14.4 Å². The Morgan fingerprint density at radius 1 is 1.33 bits per heavy atom. The summed E-state index contributed by atoms with van der Waals surface area (Å²) in [5, 5.41) is 0. The molecular formula is C21H30N4O5. The number of aromatic amines is 1. The van der Waals surface area contributed by atoms with Crippen LogP contribution in [0.5, 0.6) is 0 Å². The molecule has 0 spiro atoms. The fourth-order valence-electron chi connectivity index (χ4n) is 3.73. The van der Waals surface area contributed by atoms with E-state index < -0.39 is 17.2 Å². The van der Waals surface area contributed by atoms with Gasteiger partial charge in [-0.05, 0) is 31.4 Å². The van der Waals surface area contributed by atoms with Gasteiger partial charge in [0.15, 0.2) is 5.69 Å². The maximum absolute atomic E-state index is 13.1. The van der Waals surface area contributed by atoms with Crippen LogP contribution in [0.25, 0.3) is 0 Å². The van der Waals surface area contributed by atoms with Crippen molar-refractivity contribution in [3.63, 3.8) is 0 Å². The minimum Gasteiger partial charge on any atom is -0.467 e. The third-order valence-corrected chi connectivity index (χ3v) is 5.41. The molecule has 2 aromatic rings. The Morgan fingerprint density at radius 2 is 2.10 bits per heavy atom. The van der Waals surface area contributed by atoms with Gasteiger partial charge in [-0.1, -0.05) is 32.6 Å². The third kappa shape index (κ3) is 5.21. The van der Waals surface area contributed by atoms with Gasteiger partial charge in [0.25, 0.3) is 11.5 Å². The van der Waals surface area contributed by atoms with Gasteiger partial charge in [-0.2, -0.15) is 0 Å². The van der Waals surface area contributed by atoms with Crippen LogP contribution in [-0.2, 0) is 22.6 Å². The summed E-state index contributed by atoms with van der Waals surface area (Å²) >= 11 is 0. The highest BCUT2D eigenvalue weighted by atomic mass is 16.5. The van der Waals surface area contributed by atoms with Crippen LogP contribution in [0.2, 0.25) is 0 Å². The number of nitrogens with two attached hydrogens (primary N) is 1. The minimum atomic E-state index is -0.706. The second-order valence-corrected chi connectivity index (χ2v) is 7.63. The Kier molecular flexibility index (Phi) is 7.51. The molecule has 0 atom stereocenters. The van der Waals surface area contributed by atoms with E-state index in [0.717, 1.165) is 32.1 Å². The summed E-state index contributed by atoms with van der Waals surface area (Å²) in [4.78, 5) is 41.5. The number of nitrogens with zero attached hydrogens (tertiary/aromatic N) is 2. The number of nitrogens with one attached hydrogen (secondary N) is 1. The number of unbranched alkanes of at least 4 members (excludes halogenated alkanes) is 1. The molecule has 164 valence electrons. The van der Waals surface area contributed by atoms with Crippen molar-refractivity contribution in [3.8, 4) is 0 Å². The number of furan rings is 1. The zero-order chi connectivity index (χ0) is 21.5. The first-order valence-electron chi connectivity index (χ1n) is 10.6. The summed E-state index contributed by atoms with van der Waals surface area (Å²) in [6.07, 6.45) is 8.31. The van der Waals surface area contributed by atoms with E-state index in [4.69, 9.17) is 14.9 Å². The summed E-state index contributed by atoms with van der Waals surface area (Å²) in [6, 6.07) is 3.41. The Bertz CT molecular complexity index is 941. The number of rotatable bonds is 9. The van der Waals surface area contributed by atoms with Gasteiger partial charge in [0, 0.05) is 6.54 Å². The maximum atomic E-state index is 13.1. The Balaban J connectivity index is 1.90. The Morgan fingerprint density at radius 3 is 2.77 bits per heavy atom. The van der Waals surface area contributed by atoms with Crippen molar-refractivity contribution in [3.05, 3.63) is 45.0 Å². The molecule has 0 saturated heterocycles. The molecule has 2 aromatic heterocycles. The van der Waals surface area contributed by atoms with E-state index in [1.54, 1.807) is 12.1 Å². The monoisotopic (exact) mass is 418 g/mol. The van der Waals surface area contributed by atoms with Crippen molar-refractivity contribution >= 4 is 17.4 Å². The van der Waals surface area contributed by atoms with Crippen LogP contribution in [0.4, 0.5) is 11.5 Å². The number of nitrogen functional groups attached to an aromatic ring is 1. The number of aromatic nitrogens is 2. The van der Waals surface area contributed by atoms with Crippen LogP contribution in [0.3, 0.4) is 0 Å². The maximum Gasteiger partial charge on any atom is 0.330 e. The molecule has 30 heavy (non-hydrogen) atoms. The van der Waals surface area contributed by atoms with Gasteiger partial charge in [-0.15, -0.1) is 0 Å². The van der Waals surface area contributed by atoms with E-state index in [-0.39, 0.29) is 30.8 Å². The first-order valence-corrected chi connectivity index (χ1v) is 10.6. The van der Waals surface area contributed by atoms with Gasteiger partial charge in [0.2, 0.25) is 0 Å². The number of ether oxygens (including phenoxy) is 1. The van der Waals surface area contributed by atoms with Crippen molar-refractivity contribution in [2.24, 2.45) is 0 Å². The lowest BCUT2D eigenvalue weighted by Crippen LogP contribution is -2.42. The largest absolute Gasteiger partial charge is 0.467 e. The van der Waals surface area contributed by atoms with Crippen LogP contribution in [0, 0.1) is 0 Å². The standard InChI is InChI=1S/C21H30N4O5/c1-2-3-11-24-19(22)18(20(27)23-21(24)28)25(13-16-10-7-12-29-16)17(26)14-30-15-8-5-4-6-9-15/h7,10,12,15H,2-6,8-9,11,13-14,22H2,1H3,(H,23,27,28). The first-order chi connectivity index (χ1) is 14.5. The van der Waals surface area contributed by atoms with Crippen LogP contribution in [0.1, 0.15) is 57.6 Å². The van der Waals surface area contributed by atoms with E-state index in [0.29, 0.717) is 18.7 Å². The first kappa shape index (κ1) is 21.9. The summed E-state index contributed by atoms with van der Waals surface area (Å²) < 4.78 is 12.5. The molecule has 0 unspecified atom stereocenters. The second kappa shape index (κ2) is 10.3. The zero-order valence-corrected chi connectivity index (χ0v) is 17.4. The molecule has 0 aliphatic heterocycles. The molecule has 9 nitrogen and oxygen atoms in total. The molecule has 1 aliphatic rings. The topological polar surface area (TPSA) is 124 Å². The van der Waals surface area contributed by atoms with E-state index in [2.05, 4.69) is 4.98 Å². The number of carbonyl (C=O) groups excluding carboxylic acids is 1. The van der Waals surface area contributed by atoms with E-state index >= 15 is 0 Å². The Labute approximate surface area is 174 Å². The van der Waals surface area contributed by atoms with Crippen LogP contribution < -0.4 is 21.9 Å². The van der Waals surface area contributed by atoms with Gasteiger partial charge in [-0.3, -0.25) is 24.0 Å². The smallest absolute Gasteiger partial charge is 0.330 e. The molecule has 0 radical (unpaired) electrons. The van der Waals surface area contributed by atoms with Crippen LogP contribution >= 0.6 is 0 Å². The second-order valence-electron chi connectivity index (χ2n) is 7.63. The normalized spacial score (nSPS) is 14.7. The molecule has 9 heteroatoms. The molecule has 0 aromatic carbocycles. The quantitative estimate of drug-likeness (QED) is 0.644. The number of amides is 1. The van der Waals surface area contributed by atoms with Crippen molar-refractivity contribution in [1.29, 1.82) is 0 Å². The molecular weight excluding hydrogens is 388 g/mol. The SMILES string of the molecule is CCCCn1c(N)c(N(Cc2ccco2)C(=O)COC2CCCCC2)c(=O)[nH]c1=O. The highest BCUT2D eigenvalue weighted by molar-refractivity contribution is 5.96. The van der Waals surface area contributed by atoms with E-state index in [1.165, 1.54) is 22.2 Å². The van der Waals surface area contributed by atoms with Gasteiger partial charge in [0.05, 0.1) is 18.9 Å². The predicted molar refractivity (Wildman–Crippen MR) is 113 cm³/mol. The highest BCUT2D eigenvalue weighted by Crippen LogP contribution is 2.23. The lowest BCUT2D eigenvalue weighted by molar-refractivity contribution is -0.126. The van der Waals surface area contributed by atoms with Crippen molar-refractivity contribution in [1.82, 2.24) is 9.55 Å². The van der Waals surface area contributed by atoms with Crippen molar-refractivity contribution < 1.29 is 13.9 Å². The highest BCUT2D eigenvalue weighted by Gasteiger charge is 2.26. The minimum absolute atomic E-state index is 0.0130. The lowest BCUT2D eigenvalue weighted by Gasteiger charge is -2.26. The van der Waals surface area contributed by atoms with Crippen molar-refractivity contribution in [2.45, 2.75) is 71.1 Å².